The van der Waals surface area contributed by atoms with Crippen LogP contribution in [0.3, 0.4) is 0 Å². The third-order valence-corrected chi connectivity index (χ3v) is 6.51. The molecule has 0 spiro atoms. The lowest BCUT2D eigenvalue weighted by molar-refractivity contribution is 0.0210. The third-order valence-electron chi connectivity index (χ3n) is 6.51. The van der Waals surface area contributed by atoms with E-state index >= 15 is 0 Å². The van der Waals surface area contributed by atoms with Crippen LogP contribution in [-0.2, 0) is 6.42 Å². The SMILES string of the molecule is C[C@@H]1C[C@@H](Nc2ncncc2C(=O)c2ccn([C@@H]3CCc4ccccc43)n2)[C@H](O)[C@@H]1O. The third kappa shape index (κ3) is 3.51. The molecule has 8 heteroatoms. The summed E-state index contributed by atoms with van der Waals surface area (Å²) in [5.41, 5.74) is 3.19. The molecule has 3 aromatic rings. The van der Waals surface area contributed by atoms with Crippen LogP contribution in [0.15, 0.2) is 49.1 Å². The highest BCUT2D eigenvalue weighted by Gasteiger charge is 2.39. The van der Waals surface area contributed by atoms with Gasteiger partial charge in [0.1, 0.15) is 23.9 Å². The summed E-state index contributed by atoms with van der Waals surface area (Å²) in [6.45, 7) is 1.88. The maximum Gasteiger partial charge on any atom is 0.218 e. The second-order valence-electron chi connectivity index (χ2n) is 8.49. The highest BCUT2D eigenvalue weighted by Crippen LogP contribution is 2.34. The molecule has 2 aliphatic carbocycles. The van der Waals surface area contributed by atoms with Crippen LogP contribution in [0.2, 0.25) is 0 Å². The molecule has 2 aliphatic rings. The molecule has 0 saturated heterocycles. The van der Waals surface area contributed by atoms with Gasteiger partial charge in [0.15, 0.2) is 0 Å². The van der Waals surface area contributed by atoms with Crippen molar-refractivity contribution in [1.29, 1.82) is 0 Å². The van der Waals surface area contributed by atoms with Gasteiger partial charge in [-0.15, -0.1) is 0 Å². The molecular formula is C23H25N5O3. The number of fused-ring (bicyclic) bond motifs is 1. The van der Waals surface area contributed by atoms with Gasteiger partial charge in [-0.25, -0.2) is 9.97 Å². The molecule has 160 valence electrons. The van der Waals surface area contributed by atoms with Crippen molar-refractivity contribution in [3.63, 3.8) is 0 Å². The first-order chi connectivity index (χ1) is 15.0. The van der Waals surface area contributed by atoms with Gasteiger partial charge in [-0.3, -0.25) is 9.48 Å². The molecule has 0 unspecified atom stereocenters. The van der Waals surface area contributed by atoms with E-state index in [0.717, 1.165) is 12.8 Å². The summed E-state index contributed by atoms with van der Waals surface area (Å²) in [4.78, 5) is 21.4. The van der Waals surface area contributed by atoms with E-state index in [0.29, 0.717) is 23.5 Å². The van der Waals surface area contributed by atoms with Crippen molar-refractivity contribution < 1.29 is 15.0 Å². The highest BCUT2D eigenvalue weighted by atomic mass is 16.3. The van der Waals surface area contributed by atoms with Gasteiger partial charge >= 0.3 is 0 Å². The van der Waals surface area contributed by atoms with Crippen LogP contribution in [0.5, 0.6) is 0 Å². The van der Waals surface area contributed by atoms with E-state index in [-0.39, 0.29) is 23.8 Å². The van der Waals surface area contributed by atoms with Crippen molar-refractivity contribution in [1.82, 2.24) is 19.7 Å². The Labute approximate surface area is 180 Å². The number of nitrogens with zero attached hydrogens (tertiary/aromatic N) is 4. The Morgan fingerprint density at radius 3 is 2.84 bits per heavy atom. The number of aromatic nitrogens is 4. The Morgan fingerprint density at radius 2 is 2.03 bits per heavy atom. The van der Waals surface area contributed by atoms with Gasteiger partial charge in [-0.1, -0.05) is 31.2 Å². The maximum atomic E-state index is 13.2. The highest BCUT2D eigenvalue weighted by molar-refractivity contribution is 6.10. The number of hydrogen-bond acceptors (Lipinski definition) is 7. The molecular weight excluding hydrogens is 394 g/mol. The summed E-state index contributed by atoms with van der Waals surface area (Å²) in [6.07, 6.45) is 5.47. The quantitative estimate of drug-likeness (QED) is 0.542. The standard InChI is InChI=1S/C23H25N5O3/c1-13-10-18(22(31)20(13)29)26-23-16(11-24-12-25-23)21(30)17-8-9-28(27-17)19-7-6-14-4-2-3-5-15(14)19/h2-5,8-9,11-13,18-20,22,29,31H,6-7,10H2,1H3,(H,24,25,26)/t13-,18-,19-,20-,22+/m1/s1. The smallest absolute Gasteiger partial charge is 0.218 e. The van der Waals surface area contributed by atoms with E-state index in [4.69, 9.17) is 0 Å². The Morgan fingerprint density at radius 1 is 1.19 bits per heavy atom. The number of carbonyl (C=O) groups excluding carboxylic acids is 1. The van der Waals surface area contributed by atoms with Gasteiger partial charge in [0, 0.05) is 12.4 Å². The van der Waals surface area contributed by atoms with Crippen molar-refractivity contribution in [3.8, 4) is 0 Å². The fourth-order valence-corrected chi connectivity index (χ4v) is 4.76. The van der Waals surface area contributed by atoms with Gasteiger partial charge in [-0.05, 0) is 42.4 Å². The van der Waals surface area contributed by atoms with E-state index in [2.05, 4.69) is 32.5 Å². The average molecular weight is 419 g/mol. The molecule has 1 saturated carbocycles. The van der Waals surface area contributed by atoms with Crippen LogP contribution in [0.4, 0.5) is 5.82 Å². The Bertz CT molecular complexity index is 1110. The van der Waals surface area contributed by atoms with E-state index in [1.807, 2.05) is 29.9 Å². The second kappa shape index (κ2) is 7.86. The fraction of sp³-hybridized carbons (Fsp3) is 0.391. The first-order valence-corrected chi connectivity index (χ1v) is 10.6. The molecule has 0 bridgehead atoms. The van der Waals surface area contributed by atoms with Crippen molar-refractivity contribution in [2.24, 2.45) is 5.92 Å². The summed E-state index contributed by atoms with van der Waals surface area (Å²) >= 11 is 0. The number of carbonyl (C=O) groups is 1. The minimum absolute atomic E-state index is 0.0431. The minimum Gasteiger partial charge on any atom is -0.390 e. The topological polar surface area (TPSA) is 113 Å². The van der Waals surface area contributed by atoms with Crippen molar-refractivity contribution >= 4 is 11.6 Å². The zero-order valence-corrected chi connectivity index (χ0v) is 17.2. The van der Waals surface area contributed by atoms with Crippen LogP contribution >= 0.6 is 0 Å². The van der Waals surface area contributed by atoms with Gasteiger partial charge in [0.25, 0.3) is 0 Å². The molecule has 1 fully saturated rings. The number of aryl methyl sites for hydroxylation is 1. The molecule has 3 N–H and O–H groups in total. The zero-order valence-electron chi connectivity index (χ0n) is 17.2. The fourth-order valence-electron chi connectivity index (χ4n) is 4.76. The monoisotopic (exact) mass is 419 g/mol. The normalized spacial score (nSPS) is 27.3. The van der Waals surface area contributed by atoms with Crippen molar-refractivity contribution in [2.45, 2.75) is 50.5 Å². The van der Waals surface area contributed by atoms with Crippen LogP contribution < -0.4 is 5.32 Å². The number of rotatable bonds is 5. The van der Waals surface area contributed by atoms with E-state index in [1.54, 1.807) is 6.07 Å². The van der Waals surface area contributed by atoms with Crippen molar-refractivity contribution in [2.75, 3.05) is 5.32 Å². The maximum absolute atomic E-state index is 13.2. The number of nitrogens with one attached hydrogen (secondary N) is 1. The molecule has 31 heavy (non-hydrogen) atoms. The van der Waals surface area contributed by atoms with Gasteiger partial charge < -0.3 is 15.5 Å². The van der Waals surface area contributed by atoms with Gasteiger partial charge in [0.2, 0.25) is 5.78 Å². The zero-order chi connectivity index (χ0) is 21.5. The summed E-state index contributed by atoms with van der Waals surface area (Å²) in [5, 5.41) is 28.0. The molecule has 2 aromatic heterocycles. The summed E-state index contributed by atoms with van der Waals surface area (Å²) < 4.78 is 1.86. The van der Waals surface area contributed by atoms with Crippen molar-refractivity contribution in [3.05, 3.63) is 71.4 Å². The lowest BCUT2D eigenvalue weighted by Gasteiger charge is -2.19. The first kappa shape index (κ1) is 19.8. The van der Waals surface area contributed by atoms with Gasteiger partial charge in [0.05, 0.1) is 23.8 Å². The number of anilines is 1. The molecule has 0 amide bonds. The second-order valence-corrected chi connectivity index (χ2v) is 8.49. The summed E-state index contributed by atoms with van der Waals surface area (Å²) in [5.74, 6) is 0.0128. The number of benzene rings is 1. The molecule has 1 aromatic carbocycles. The van der Waals surface area contributed by atoms with Crippen LogP contribution in [-0.4, -0.2) is 54.0 Å². The molecule has 8 nitrogen and oxygen atoms in total. The number of hydrogen-bond donors (Lipinski definition) is 3. The number of aliphatic hydroxyl groups excluding tert-OH is 2. The van der Waals surface area contributed by atoms with Gasteiger partial charge in [-0.2, -0.15) is 5.10 Å². The minimum atomic E-state index is -0.922. The Balaban J connectivity index is 1.39. The first-order valence-electron chi connectivity index (χ1n) is 10.6. The van der Waals surface area contributed by atoms with Crippen LogP contribution in [0.25, 0.3) is 0 Å². The van der Waals surface area contributed by atoms with E-state index in [1.165, 1.54) is 23.7 Å². The Kier molecular flexibility index (Phi) is 5.03. The van der Waals surface area contributed by atoms with Crippen LogP contribution in [0.1, 0.15) is 53.0 Å². The predicted molar refractivity (Wildman–Crippen MR) is 114 cm³/mol. The summed E-state index contributed by atoms with van der Waals surface area (Å²) in [7, 11) is 0. The molecule has 0 radical (unpaired) electrons. The van der Waals surface area contributed by atoms with Crippen LogP contribution in [0, 0.1) is 5.92 Å². The molecule has 0 aliphatic heterocycles. The molecule has 5 rings (SSSR count). The molecule has 5 atom stereocenters. The lowest BCUT2D eigenvalue weighted by atomic mass is 10.1. The van der Waals surface area contributed by atoms with E-state index in [9.17, 15) is 15.0 Å². The molecule has 2 heterocycles. The number of aliphatic hydroxyl groups is 2. The largest absolute Gasteiger partial charge is 0.390 e. The summed E-state index contributed by atoms with van der Waals surface area (Å²) in [6, 6.07) is 9.78. The lowest BCUT2D eigenvalue weighted by Crippen LogP contribution is -2.35. The number of ketones is 1. The predicted octanol–water partition coefficient (Wildman–Crippen LogP) is 1.98. The average Bonchev–Trinajstić information content (AvgIpc) is 3.49. The van der Waals surface area contributed by atoms with E-state index < -0.39 is 12.2 Å². The Hall–Kier alpha value is -3.10.